The van der Waals surface area contributed by atoms with Crippen LogP contribution in [0.5, 0.6) is 0 Å². The minimum absolute atomic E-state index is 0.152. The molecule has 0 amide bonds. The van der Waals surface area contributed by atoms with Crippen molar-refractivity contribution in [1.82, 2.24) is 0 Å². The van der Waals surface area contributed by atoms with E-state index in [0.29, 0.717) is 6.08 Å². The first-order valence-corrected chi connectivity index (χ1v) is 3.36. The van der Waals surface area contributed by atoms with E-state index >= 15 is 0 Å². The van der Waals surface area contributed by atoms with Crippen molar-refractivity contribution in [3.8, 4) is 0 Å². The molecule has 70 valence electrons. The van der Waals surface area contributed by atoms with Crippen molar-refractivity contribution < 1.29 is 18.3 Å². The molecule has 0 spiro atoms. The molecule has 0 saturated heterocycles. The van der Waals surface area contributed by atoms with Gasteiger partial charge < -0.3 is 5.11 Å². The first-order valence-electron chi connectivity index (χ1n) is 3.36. The van der Waals surface area contributed by atoms with Gasteiger partial charge in [0, 0.05) is 0 Å². The molecule has 0 aliphatic heterocycles. The minimum atomic E-state index is -3.86. The van der Waals surface area contributed by atoms with Crippen molar-refractivity contribution in [2.75, 3.05) is 0 Å². The molecular weight excluding hydrogens is 169 g/mol. The molecule has 0 aliphatic carbocycles. The van der Waals surface area contributed by atoms with Crippen LogP contribution in [0, 0.1) is 0 Å². The van der Waals surface area contributed by atoms with Crippen LogP contribution in [0.3, 0.4) is 0 Å². The maximum Gasteiger partial charge on any atom is 0.327 e. The lowest BCUT2D eigenvalue weighted by Gasteiger charge is -2.18. The van der Waals surface area contributed by atoms with E-state index in [0.717, 1.165) is 0 Å². The van der Waals surface area contributed by atoms with Crippen LogP contribution in [0.1, 0.15) is 13.8 Å². The zero-order chi connectivity index (χ0) is 9.94. The fourth-order valence-electron chi connectivity index (χ4n) is 0.611. The third-order valence-electron chi connectivity index (χ3n) is 1.33. The number of aliphatic hydroxyl groups excluding tert-OH is 1. The fourth-order valence-corrected chi connectivity index (χ4v) is 0.611. The number of allylic oxidation sites excluding steroid dienone is 1. The minimum Gasteiger partial charge on any atom is -0.382 e. The van der Waals surface area contributed by atoms with Gasteiger partial charge in [-0.2, -0.15) is 8.78 Å². The maximum atomic E-state index is 12.7. The van der Waals surface area contributed by atoms with Crippen LogP contribution in [0.4, 0.5) is 13.2 Å². The van der Waals surface area contributed by atoms with Crippen LogP contribution in [0.15, 0.2) is 24.1 Å². The number of hydrogen-bond acceptors (Lipinski definition) is 1. The molecule has 0 aromatic heterocycles. The first kappa shape index (κ1) is 11.2. The van der Waals surface area contributed by atoms with Crippen LogP contribution in [-0.4, -0.2) is 17.1 Å². The highest BCUT2D eigenvalue weighted by Gasteiger charge is 2.42. The smallest absolute Gasteiger partial charge is 0.327 e. The quantitative estimate of drug-likeness (QED) is 0.661. The van der Waals surface area contributed by atoms with Gasteiger partial charge in [-0.3, -0.25) is 0 Å². The summed E-state index contributed by atoms with van der Waals surface area (Å²) in [6.07, 6.45) is -1.57. The maximum absolute atomic E-state index is 12.7. The normalized spacial score (nSPS) is 13.8. The summed E-state index contributed by atoms with van der Waals surface area (Å²) in [7, 11) is 0. The largest absolute Gasteiger partial charge is 0.382 e. The highest BCUT2D eigenvalue weighted by molar-refractivity contribution is 5.15. The van der Waals surface area contributed by atoms with Gasteiger partial charge in [-0.05, 0) is 19.4 Å². The number of halogens is 3. The van der Waals surface area contributed by atoms with Crippen LogP contribution in [0.2, 0.25) is 0 Å². The standard InChI is InChI=1S/C8H11F3O/c1-4-6(12)8(10,11)7(9)5(2)3/h4,6,12H,1H2,2-3H3/t6-/m1/s1. The lowest BCUT2D eigenvalue weighted by molar-refractivity contribution is -0.0707. The molecule has 0 aromatic carbocycles. The number of hydrogen-bond donors (Lipinski definition) is 1. The van der Waals surface area contributed by atoms with Crippen LogP contribution in [0.25, 0.3) is 0 Å². The van der Waals surface area contributed by atoms with E-state index in [4.69, 9.17) is 5.11 Å². The summed E-state index contributed by atoms with van der Waals surface area (Å²) >= 11 is 0. The molecule has 1 atom stereocenters. The average Bonchev–Trinajstić information content (AvgIpc) is 2.01. The summed E-state index contributed by atoms with van der Waals surface area (Å²) in [5.41, 5.74) is -0.152. The van der Waals surface area contributed by atoms with Crippen molar-refractivity contribution >= 4 is 0 Å². The van der Waals surface area contributed by atoms with E-state index in [1.807, 2.05) is 0 Å². The number of alkyl halides is 2. The van der Waals surface area contributed by atoms with E-state index in [1.165, 1.54) is 13.8 Å². The molecule has 0 bridgehead atoms. The summed E-state index contributed by atoms with van der Waals surface area (Å²) in [6, 6.07) is 0. The van der Waals surface area contributed by atoms with E-state index in [1.54, 1.807) is 0 Å². The molecule has 0 rings (SSSR count). The van der Waals surface area contributed by atoms with Crippen molar-refractivity contribution in [3.05, 3.63) is 24.1 Å². The fraction of sp³-hybridized carbons (Fsp3) is 0.500. The summed E-state index contributed by atoms with van der Waals surface area (Å²) in [5.74, 6) is -5.46. The second-order valence-corrected chi connectivity index (χ2v) is 2.62. The monoisotopic (exact) mass is 180 g/mol. The third-order valence-corrected chi connectivity index (χ3v) is 1.33. The lowest BCUT2D eigenvalue weighted by Crippen LogP contribution is -2.32. The highest BCUT2D eigenvalue weighted by Crippen LogP contribution is 2.31. The Morgan fingerprint density at radius 3 is 2.17 bits per heavy atom. The summed E-state index contributed by atoms with van der Waals surface area (Å²) in [5, 5.41) is 8.66. The Bertz CT molecular complexity index is 204. The predicted octanol–water partition coefficient (Wildman–Crippen LogP) is 2.43. The Balaban J connectivity index is 4.85. The summed E-state index contributed by atoms with van der Waals surface area (Å²) in [6.45, 7) is 5.36. The number of rotatable bonds is 3. The van der Waals surface area contributed by atoms with Gasteiger partial charge in [0.25, 0.3) is 0 Å². The van der Waals surface area contributed by atoms with E-state index in [-0.39, 0.29) is 5.57 Å². The second kappa shape index (κ2) is 3.76. The Hall–Kier alpha value is -0.770. The molecule has 1 N–H and O–H groups in total. The van der Waals surface area contributed by atoms with Gasteiger partial charge >= 0.3 is 5.92 Å². The highest BCUT2D eigenvalue weighted by atomic mass is 19.3. The van der Waals surface area contributed by atoms with Gasteiger partial charge in [0.1, 0.15) is 6.10 Å². The molecule has 1 nitrogen and oxygen atoms in total. The average molecular weight is 180 g/mol. The van der Waals surface area contributed by atoms with Gasteiger partial charge in [0.05, 0.1) is 0 Å². The molecule has 0 saturated carbocycles. The van der Waals surface area contributed by atoms with Crippen molar-refractivity contribution in [2.24, 2.45) is 0 Å². The van der Waals surface area contributed by atoms with Crippen molar-refractivity contribution in [2.45, 2.75) is 25.9 Å². The van der Waals surface area contributed by atoms with Gasteiger partial charge in [-0.1, -0.05) is 6.08 Å². The molecular formula is C8H11F3O. The zero-order valence-corrected chi connectivity index (χ0v) is 6.94. The molecule has 4 heteroatoms. The molecule has 0 aromatic rings. The third kappa shape index (κ3) is 2.11. The van der Waals surface area contributed by atoms with Crippen LogP contribution in [-0.2, 0) is 0 Å². The Labute approximate surface area is 69.2 Å². The summed E-state index contributed by atoms with van der Waals surface area (Å²) in [4.78, 5) is 0. The first-order chi connectivity index (χ1) is 5.34. The topological polar surface area (TPSA) is 20.2 Å². The van der Waals surface area contributed by atoms with E-state index < -0.39 is 17.9 Å². The predicted molar refractivity (Wildman–Crippen MR) is 40.6 cm³/mol. The number of aliphatic hydroxyl groups is 1. The Kier molecular flexibility index (Phi) is 3.52. The lowest BCUT2D eigenvalue weighted by atomic mass is 10.1. The van der Waals surface area contributed by atoms with E-state index in [9.17, 15) is 13.2 Å². The molecule has 0 radical (unpaired) electrons. The van der Waals surface area contributed by atoms with Crippen molar-refractivity contribution in [3.63, 3.8) is 0 Å². The van der Waals surface area contributed by atoms with Crippen LogP contribution < -0.4 is 0 Å². The van der Waals surface area contributed by atoms with E-state index in [2.05, 4.69) is 6.58 Å². The molecule has 0 unspecified atom stereocenters. The Morgan fingerprint density at radius 2 is 1.92 bits per heavy atom. The van der Waals surface area contributed by atoms with Crippen molar-refractivity contribution in [1.29, 1.82) is 0 Å². The zero-order valence-electron chi connectivity index (χ0n) is 6.94. The van der Waals surface area contributed by atoms with Gasteiger partial charge in [-0.25, -0.2) is 4.39 Å². The van der Waals surface area contributed by atoms with Gasteiger partial charge in [0.15, 0.2) is 5.83 Å². The van der Waals surface area contributed by atoms with Gasteiger partial charge in [-0.15, -0.1) is 6.58 Å². The SMILES string of the molecule is C=C[C@@H](O)C(F)(F)C(F)=C(C)C. The molecule has 12 heavy (non-hydrogen) atoms. The second-order valence-electron chi connectivity index (χ2n) is 2.62. The molecule has 0 heterocycles. The Morgan fingerprint density at radius 1 is 1.50 bits per heavy atom. The molecule has 0 aliphatic rings. The summed E-state index contributed by atoms with van der Waals surface area (Å²) < 4.78 is 38.1. The van der Waals surface area contributed by atoms with Gasteiger partial charge in [0.2, 0.25) is 0 Å². The molecule has 0 fully saturated rings. The van der Waals surface area contributed by atoms with Crippen LogP contribution >= 0.6 is 0 Å².